The summed E-state index contributed by atoms with van der Waals surface area (Å²) in [4.78, 5) is 12.0. The molecule has 1 amide bonds. The zero-order valence-corrected chi connectivity index (χ0v) is 12.8. The Bertz CT molecular complexity index is 608. The maximum Gasteiger partial charge on any atom is 0.224 e. The first-order chi connectivity index (χ1) is 9.35. The summed E-state index contributed by atoms with van der Waals surface area (Å²) in [6.45, 7) is 3.97. The number of carbonyl (C=O) groups excluding carboxylic acids is 1. The molecule has 4 nitrogen and oxygen atoms in total. The van der Waals surface area contributed by atoms with Gasteiger partial charge in [-0.3, -0.25) is 4.79 Å². The Balaban J connectivity index is 1.97. The molecule has 0 bridgehead atoms. The molecule has 0 aromatic heterocycles. The normalized spacial score (nSPS) is 21.4. The van der Waals surface area contributed by atoms with E-state index < -0.39 is 9.84 Å². The molecule has 1 atom stereocenters. The highest BCUT2D eigenvalue weighted by Crippen LogP contribution is 2.14. The van der Waals surface area contributed by atoms with Crippen molar-refractivity contribution in [3.8, 4) is 0 Å². The van der Waals surface area contributed by atoms with E-state index in [0.717, 1.165) is 23.1 Å². The van der Waals surface area contributed by atoms with E-state index in [1.807, 2.05) is 32.0 Å². The van der Waals surface area contributed by atoms with Gasteiger partial charge in [-0.25, -0.2) is 8.42 Å². The average molecular weight is 295 g/mol. The second-order valence-corrected chi connectivity index (χ2v) is 7.86. The number of benzene rings is 1. The lowest BCUT2D eigenvalue weighted by Crippen LogP contribution is -2.43. The van der Waals surface area contributed by atoms with E-state index in [2.05, 4.69) is 5.32 Å². The second-order valence-electron chi connectivity index (χ2n) is 5.63. The number of nitrogens with one attached hydrogen (secondary N) is 1. The van der Waals surface area contributed by atoms with Gasteiger partial charge in [0, 0.05) is 6.04 Å². The van der Waals surface area contributed by atoms with E-state index in [-0.39, 0.29) is 23.5 Å². The summed E-state index contributed by atoms with van der Waals surface area (Å²) >= 11 is 0. The van der Waals surface area contributed by atoms with Crippen molar-refractivity contribution in [2.75, 3.05) is 11.5 Å². The highest BCUT2D eigenvalue weighted by molar-refractivity contribution is 7.91. The van der Waals surface area contributed by atoms with Crippen molar-refractivity contribution in [2.24, 2.45) is 0 Å². The molecule has 1 heterocycles. The summed E-state index contributed by atoms with van der Waals surface area (Å²) < 4.78 is 23.1. The van der Waals surface area contributed by atoms with Gasteiger partial charge in [0.1, 0.15) is 0 Å². The van der Waals surface area contributed by atoms with Crippen LogP contribution in [-0.2, 0) is 21.1 Å². The number of aryl methyl sites for hydroxylation is 2. The Morgan fingerprint density at radius 1 is 1.35 bits per heavy atom. The van der Waals surface area contributed by atoms with Crippen LogP contribution in [0.4, 0.5) is 0 Å². The van der Waals surface area contributed by atoms with Gasteiger partial charge in [-0.2, -0.15) is 0 Å². The standard InChI is InChI=1S/C15H21NO3S/c1-11-5-6-12(2)13(8-11)9-15(17)16-14-4-3-7-20(18,19)10-14/h5-6,8,14H,3-4,7,9-10H2,1-2H3,(H,16,17)/t14-/m1/s1. The minimum atomic E-state index is -2.98. The van der Waals surface area contributed by atoms with Gasteiger partial charge in [0.25, 0.3) is 0 Å². The third kappa shape index (κ3) is 4.07. The number of amides is 1. The predicted octanol–water partition coefficient (Wildman–Crippen LogP) is 1.54. The minimum absolute atomic E-state index is 0.0749. The zero-order valence-electron chi connectivity index (χ0n) is 12.0. The lowest BCUT2D eigenvalue weighted by atomic mass is 10.0. The maximum absolute atomic E-state index is 12.0. The van der Waals surface area contributed by atoms with E-state index >= 15 is 0 Å². The van der Waals surface area contributed by atoms with Gasteiger partial charge in [-0.15, -0.1) is 0 Å². The summed E-state index contributed by atoms with van der Waals surface area (Å²) in [7, 11) is -2.98. The summed E-state index contributed by atoms with van der Waals surface area (Å²) in [6, 6.07) is 5.80. The lowest BCUT2D eigenvalue weighted by Gasteiger charge is -2.23. The number of hydrogen-bond acceptors (Lipinski definition) is 3. The van der Waals surface area contributed by atoms with Crippen LogP contribution in [0.3, 0.4) is 0 Å². The molecule has 2 rings (SSSR count). The molecule has 0 unspecified atom stereocenters. The van der Waals surface area contributed by atoms with Crippen LogP contribution in [0, 0.1) is 13.8 Å². The molecule has 20 heavy (non-hydrogen) atoms. The van der Waals surface area contributed by atoms with Gasteiger partial charge in [0.15, 0.2) is 9.84 Å². The molecule has 1 aliphatic heterocycles. The molecular weight excluding hydrogens is 274 g/mol. The summed E-state index contributed by atoms with van der Waals surface area (Å²) in [5.41, 5.74) is 3.21. The monoisotopic (exact) mass is 295 g/mol. The van der Waals surface area contributed by atoms with Gasteiger partial charge in [0.05, 0.1) is 17.9 Å². The van der Waals surface area contributed by atoms with Gasteiger partial charge in [-0.05, 0) is 37.8 Å². The predicted molar refractivity (Wildman–Crippen MR) is 79.4 cm³/mol. The largest absolute Gasteiger partial charge is 0.352 e. The van der Waals surface area contributed by atoms with E-state index in [1.54, 1.807) is 0 Å². The van der Waals surface area contributed by atoms with Crippen molar-refractivity contribution in [2.45, 2.75) is 39.2 Å². The number of rotatable bonds is 3. The minimum Gasteiger partial charge on any atom is -0.352 e. The molecule has 110 valence electrons. The molecule has 0 saturated carbocycles. The van der Waals surface area contributed by atoms with Gasteiger partial charge < -0.3 is 5.32 Å². The molecule has 5 heteroatoms. The fourth-order valence-corrected chi connectivity index (χ4v) is 4.22. The molecule has 0 aliphatic carbocycles. The maximum atomic E-state index is 12.0. The molecule has 0 spiro atoms. The Morgan fingerprint density at radius 3 is 2.80 bits per heavy atom. The van der Waals surface area contributed by atoms with Crippen molar-refractivity contribution >= 4 is 15.7 Å². The third-order valence-corrected chi connectivity index (χ3v) is 5.50. The first kappa shape index (κ1) is 15.0. The van der Waals surface area contributed by atoms with Crippen LogP contribution in [0.5, 0.6) is 0 Å². The van der Waals surface area contributed by atoms with Crippen molar-refractivity contribution in [1.82, 2.24) is 5.32 Å². The molecule has 1 aromatic carbocycles. The van der Waals surface area contributed by atoms with Crippen LogP contribution in [0.15, 0.2) is 18.2 Å². The van der Waals surface area contributed by atoms with Crippen molar-refractivity contribution in [3.05, 3.63) is 34.9 Å². The van der Waals surface area contributed by atoms with Crippen molar-refractivity contribution in [3.63, 3.8) is 0 Å². The Kier molecular flexibility index (Phi) is 4.48. The summed E-state index contributed by atoms with van der Waals surface area (Å²) in [5.74, 6) is 0.225. The molecule has 1 saturated heterocycles. The van der Waals surface area contributed by atoms with Crippen LogP contribution in [-0.4, -0.2) is 31.9 Å². The number of hydrogen-bond donors (Lipinski definition) is 1. The van der Waals surface area contributed by atoms with Crippen LogP contribution in [0.25, 0.3) is 0 Å². The molecule has 1 fully saturated rings. The first-order valence-electron chi connectivity index (χ1n) is 6.92. The smallest absolute Gasteiger partial charge is 0.224 e. The van der Waals surface area contributed by atoms with Gasteiger partial charge >= 0.3 is 0 Å². The van der Waals surface area contributed by atoms with E-state index in [4.69, 9.17) is 0 Å². The molecule has 1 N–H and O–H groups in total. The lowest BCUT2D eigenvalue weighted by molar-refractivity contribution is -0.121. The number of sulfone groups is 1. The van der Waals surface area contributed by atoms with Crippen LogP contribution < -0.4 is 5.32 Å². The molecule has 1 aliphatic rings. The Morgan fingerprint density at radius 2 is 2.10 bits per heavy atom. The Labute approximate surface area is 120 Å². The highest BCUT2D eigenvalue weighted by Gasteiger charge is 2.25. The fourth-order valence-electron chi connectivity index (χ4n) is 2.58. The van der Waals surface area contributed by atoms with E-state index in [1.165, 1.54) is 0 Å². The van der Waals surface area contributed by atoms with E-state index in [0.29, 0.717) is 12.8 Å². The summed E-state index contributed by atoms with van der Waals surface area (Å²) in [5, 5.41) is 2.85. The van der Waals surface area contributed by atoms with Crippen molar-refractivity contribution < 1.29 is 13.2 Å². The topological polar surface area (TPSA) is 63.2 Å². The number of carbonyl (C=O) groups is 1. The third-order valence-electron chi connectivity index (χ3n) is 3.68. The van der Waals surface area contributed by atoms with Crippen LogP contribution in [0.2, 0.25) is 0 Å². The molecule has 0 radical (unpaired) electrons. The van der Waals surface area contributed by atoms with E-state index in [9.17, 15) is 13.2 Å². The van der Waals surface area contributed by atoms with Gasteiger partial charge in [0.2, 0.25) is 5.91 Å². The average Bonchev–Trinajstić information content (AvgIpc) is 2.32. The van der Waals surface area contributed by atoms with Crippen LogP contribution >= 0.6 is 0 Å². The fraction of sp³-hybridized carbons (Fsp3) is 0.533. The molecular formula is C15H21NO3S. The Hall–Kier alpha value is -1.36. The highest BCUT2D eigenvalue weighted by atomic mass is 32.2. The second kappa shape index (κ2) is 5.95. The molecule has 1 aromatic rings. The van der Waals surface area contributed by atoms with Crippen LogP contribution in [0.1, 0.15) is 29.5 Å². The zero-order chi connectivity index (χ0) is 14.8. The van der Waals surface area contributed by atoms with Gasteiger partial charge in [-0.1, -0.05) is 23.8 Å². The summed E-state index contributed by atoms with van der Waals surface area (Å²) in [6.07, 6.45) is 1.69. The quantitative estimate of drug-likeness (QED) is 0.920. The first-order valence-corrected chi connectivity index (χ1v) is 8.74. The SMILES string of the molecule is Cc1ccc(C)c(CC(=O)N[C@@H]2CCCS(=O)(=O)C2)c1. The van der Waals surface area contributed by atoms with Crippen molar-refractivity contribution in [1.29, 1.82) is 0 Å².